The van der Waals surface area contributed by atoms with Crippen LogP contribution in [0.15, 0.2) is 0 Å². The van der Waals surface area contributed by atoms with Gasteiger partial charge in [0, 0.05) is 0 Å². The maximum absolute atomic E-state index is 8.56. The summed E-state index contributed by atoms with van der Waals surface area (Å²) in [7, 11) is 0. The molecule has 8 heavy (non-hydrogen) atoms. The monoisotopic (exact) mass is 144 g/mol. The molecule has 0 amide bonds. The van der Waals surface area contributed by atoms with E-state index in [0.717, 1.165) is 49.0 Å². The summed E-state index contributed by atoms with van der Waals surface area (Å²) in [6.07, 6.45) is -0.431. The van der Waals surface area contributed by atoms with Gasteiger partial charge in [0.25, 0.3) is 0 Å². The van der Waals surface area contributed by atoms with Crippen LogP contribution in [0.2, 0.25) is 0.515 Å². The summed E-state index contributed by atoms with van der Waals surface area (Å²) in [5, 5.41) is 13.9. The molecule has 0 atom stereocenters. The summed E-state index contributed by atoms with van der Waals surface area (Å²) in [6, 6.07) is 0. The van der Waals surface area contributed by atoms with Crippen LogP contribution in [0.4, 0.5) is 4.79 Å². The van der Waals surface area contributed by atoms with E-state index in [0.29, 0.717) is 0 Å². The first-order chi connectivity index (χ1) is 3.65. The molecule has 0 aliphatic heterocycles. The first-order valence-electron chi connectivity index (χ1n) is 2.57. The molecule has 0 rings (SSSR count). The maximum Gasteiger partial charge on any atom is 0.503 e. The normalized spacial score (nSPS) is 6.88. The van der Waals surface area contributed by atoms with Crippen molar-refractivity contribution in [3.8, 4) is 0 Å². The van der Waals surface area contributed by atoms with Crippen molar-refractivity contribution in [2.24, 2.45) is 0 Å². The second-order valence-electron chi connectivity index (χ2n) is 1.28. The Morgan fingerprint density at radius 2 is 1.75 bits per heavy atom. The van der Waals surface area contributed by atoms with Crippen LogP contribution in [-0.2, 0) is 0 Å². The molecule has 44 valence electrons. The van der Waals surface area contributed by atoms with E-state index in [1.807, 2.05) is 0 Å². The zero-order valence-electron chi connectivity index (χ0n) is 5.22. The minimum absolute atomic E-state index is 1.11. The van der Waals surface area contributed by atoms with E-state index in [9.17, 15) is 0 Å². The maximum atomic E-state index is 8.56. The van der Waals surface area contributed by atoms with E-state index in [2.05, 4.69) is 6.92 Å². The van der Waals surface area contributed by atoms with Gasteiger partial charge < -0.3 is 10.2 Å². The Hall–Kier alpha value is 0.906. The van der Waals surface area contributed by atoms with Crippen molar-refractivity contribution in [3.63, 3.8) is 0 Å². The summed E-state index contributed by atoms with van der Waals surface area (Å²) in [5.41, 5.74) is 0. The van der Waals surface area contributed by atoms with Crippen LogP contribution in [0.3, 0.4) is 0 Å². The molecule has 0 bridgehead atoms. The van der Waals surface area contributed by atoms with Gasteiger partial charge in [-0.25, -0.2) is 4.79 Å². The Bertz CT molecular complexity index is 49.2. The molecule has 0 saturated carbocycles. The zero-order valence-corrected chi connectivity index (χ0v) is 8.34. The van der Waals surface area contributed by atoms with E-state index < -0.39 is 6.16 Å². The second kappa shape index (κ2) is 10.8. The van der Waals surface area contributed by atoms with E-state index >= 15 is 0 Å². The fourth-order valence-electron chi connectivity index (χ4n) is 0. The molecule has 0 aromatic rings. The predicted octanol–water partition coefficient (Wildman–Crippen LogP) is 1.21. The number of hydrogen-bond donors (Lipinski definition) is 2. The summed E-state index contributed by atoms with van der Waals surface area (Å²) in [5.74, 6) is 0. The van der Waals surface area contributed by atoms with Crippen LogP contribution in [0.1, 0.15) is 13.3 Å². The molecular formula is C4H9KO3. The molecule has 0 spiro atoms. The molecule has 0 heterocycles. The van der Waals surface area contributed by atoms with E-state index in [1.165, 1.54) is 6.94 Å². The van der Waals surface area contributed by atoms with Gasteiger partial charge in [-0.3, -0.25) is 0 Å². The molecule has 0 aromatic heterocycles. The molecule has 0 radical (unpaired) electrons. The minimum Gasteiger partial charge on any atom is -0.450 e. The number of hydrogen-bond acceptors (Lipinski definition) is 1. The van der Waals surface area contributed by atoms with Gasteiger partial charge in [0.2, 0.25) is 0 Å². The van der Waals surface area contributed by atoms with Gasteiger partial charge >= 0.3 is 69.0 Å². The first-order valence-corrected chi connectivity index (χ1v) is 4.77. The first kappa shape index (κ1) is 11.7. The summed E-state index contributed by atoms with van der Waals surface area (Å²) < 4.78 is 1.51. The summed E-state index contributed by atoms with van der Waals surface area (Å²) in [4.78, 5) is 8.56. The van der Waals surface area contributed by atoms with Crippen molar-refractivity contribution in [2.75, 3.05) is 0 Å². The fourth-order valence-corrected chi connectivity index (χ4v) is 0. The minimum atomic E-state index is -1.83. The van der Waals surface area contributed by atoms with Crippen LogP contribution in [0.25, 0.3) is 0 Å². The van der Waals surface area contributed by atoms with Crippen LogP contribution in [0, 0.1) is 0 Å². The predicted molar refractivity (Wildman–Crippen MR) is 31.5 cm³/mol. The van der Waals surface area contributed by atoms with Gasteiger partial charge in [0.15, 0.2) is 0 Å². The Morgan fingerprint density at radius 1 is 1.62 bits per heavy atom. The fraction of sp³-hybridized carbons (Fsp3) is 0.750. The number of carbonyl (C=O) groups is 1. The van der Waals surface area contributed by atoms with Crippen molar-refractivity contribution in [3.05, 3.63) is 0 Å². The Labute approximate surface area is 82.7 Å². The Balaban J connectivity index is 0. The quantitative estimate of drug-likeness (QED) is 0.544. The van der Waals surface area contributed by atoms with Crippen molar-refractivity contribution < 1.29 is 15.0 Å². The van der Waals surface area contributed by atoms with Gasteiger partial charge in [0.05, 0.1) is 0 Å². The van der Waals surface area contributed by atoms with Crippen molar-refractivity contribution in [2.45, 2.75) is 13.9 Å². The standard InChI is InChI=1S/C3H7.CH2O3.K/c1-3-2;2-1(3)4;/h1,3H2,2H3;(H2,2,3,4);. The average Bonchev–Trinajstić information content (AvgIpc) is 1.65. The van der Waals surface area contributed by atoms with Gasteiger partial charge in [-0.15, -0.1) is 0 Å². The van der Waals surface area contributed by atoms with Crippen LogP contribution in [-0.4, -0.2) is 65.3 Å². The topological polar surface area (TPSA) is 57.5 Å². The zero-order chi connectivity index (χ0) is 6.99. The molecule has 4 heteroatoms. The van der Waals surface area contributed by atoms with E-state index in [4.69, 9.17) is 15.0 Å². The Kier molecular flexibility index (Phi) is 15.8. The van der Waals surface area contributed by atoms with E-state index in [-0.39, 0.29) is 0 Å². The SMILES string of the molecule is CC[CH2][K].O=C(O)O. The number of rotatable bonds is 1. The molecule has 0 unspecified atom stereocenters. The van der Waals surface area contributed by atoms with Crippen LogP contribution < -0.4 is 0 Å². The van der Waals surface area contributed by atoms with Gasteiger partial charge in [-0.2, -0.15) is 0 Å². The smallest absolute Gasteiger partial charge is 0.450 e. The molecule has 0 saturated heterocycles. The molecule has 3 nitrogen and oxygen atoms in total. The van der Waals surface area contributed by atoms with Gasteiger partial charge in [-0.05, 0) is 0 Å². The van der Waals surface area contributed by atoms with E-state index in [1.54, 1.807) is 0 Å². The van der Waals surface area contributed by atoms with Gasteiger partial charge in [0.1, 0.15) is 0 Å². The molecular weight excluding hydrogens is 135 g/mol. The molecule has 0 fully saturated rings. The van der Waals surface area contributed by atoms with Gasteiger partial charge in [-0.1, -0.05) is 0 Å². The third-order valence-electron chi connectivity index (χ3n) is 0.500. The Morgan fingerprint density at radius 3 is 1.75 bits per heavy atom. The average molecular weight is 144 g/mol. The third kappa shape index (κ3) is 66.3. The van der Waals surface area contributed by atoms with Crippen LogP contribution in [0.5, 0.6) is 0 Å². The van der Waals surface area contributed by atoms with Crippen molar-refractivity contribution >= 4 is 55.1 Å². The molecule has 2 N–H and O–H groups in total. The summed E-state index contributed by atoms with van der Waals surface area (Å²) >= 11 is 1.11. The molecule has 0 aliphatic carbocycles. The van der Waals surface area contributed by atoms with Crippen molar-refractivity contribution in [1.82, 2.24) is 0 Å². The number of carboxylic acid groups (broad SMARTS) is 2. The molecule has 0 aromatic carbocycles. The van der Waals surface area contributed by atoms with Crippen molar-refractivity contribution in [1.29, 1.82) is 0 Å². The van der Waals surface area contributed by atoms with Crippen LogP contribution >= 0.6 is 0 Å². The third-order valence-corrected chi connectivity index (χ3v) is 2.06. The summed E-state index contributed by atoms with van der Waals surface area (Å²) in [6.45, 7) is 2.23. The largest absolute Gasteiger partial charge is 0.503 e. The second-order valence-corrected chi connectivity index (χ2v) is 2.84. The molecule has 0 aliphatic rings.